The Hall–Kier alpha value is -2.37. The lowest BCUT2D eigenvalue weighted by molar-refractivity contribution is 0.168. The molecular formula is C12H13N3O3. The molecule has 0 aliphatic heterocycles. The van der Waals surface area contributed by atoms with Crippen LogP contribution in [0, 0.1) is 6.92 Å². The summed E-state index contributed by atoms with van der Waals surface area (Å²) in [5, 5.41) is 10.3. The average Bonchev–Trinajstić information content (AvgIpc) is 2.76. The van der Waals surface area contributed by atoms with E-state index in [1.807, 2.05) is 6.07 Å². The lowest BCUT2D eigenvalue weighted by Gasteiger charge is -2.05. The van der Waals surface area contributed by atoms with Gasteiger partial charge in [0.2, 0.25) is 11.8 Å². The second-order valence-electron chi connectivity index (χ2n) is 3.55. The van der Waals surface area contributed by atoms with Crippen molar-refractivity contribution in [2.45, 2.75) is 13.8 Å². The first-order valence-corrected chi connectivity index (χ1v) is 5.53. The highest BCUT2D eigenvalue weighted by Gasteiger charge is 2.08. The number of carbonyl (C=O) groups is 1. The van der Waals surface area contributed by atoms with Crippen LogP contribution in [0.3, 0.4) is 0 Å². The molecule has 2 aromatic rings. The molecule has 0 spiro atoms. The fraction of sp³-hybridized carbons (Fsp3) is 0.250. The number of hydrogen-bond acceptors (Lipinski definition) is 5. The minimum Gasteiger partial charge on any atom is -0.450 e. The van der Waals surface area contributed by atoms with Crippen LogP contribution in [0.2, 0.25) is 0 Å². The minimum atomic E-state index is -0.489. The summed E-state index contributed by atoms with van der Waals surface area (Å²) in [7, 11) is 0. The molecule has 0 bridgehead atoms. The maximum Gasteiger partial charge on any atom is 0.411 e. The van der Waals surface area contributed by atoms with Crippen LogP contribution in [0.4, 0.5) is 10.5 Å². The van der Waals surface area contributed by atoms with E-state index in [2.05, 4.69) is 15.5 Å². The Morgan fingerprint density at radius 3 is 2.94 bits per heavy atom. The SMILES string of the molecule is CCOC(=O)Nc1cccc(-c2nnc(C)o2)c1. The molecule has 0 aliphatic rings. The van der Waals surface area contributed by atoms with Gasteiger partial charge in [-0.2, -0.15) is 0 Å². The minimum absolute atomic E-state index is 0.328. The van der Waals surface area contributed by atoms with Crippen molar-refractivity contribution in [3.63, 3.8) is 0 Å². The van der Waals surface area contributed by atoms with Crippen LogP contribution in [-0.4, -0.2) is 22.9 Å². The van der Waals surface area contributed by atoms with E-state index in [0.29, 0.717) is 24.1 Å². The van der Waals surface area contributed by atoms with Crippen molar-refractivity contribution < 1.29 is 13.9 Å². The van der Waals surface area contributed by atoms with Crippen molar-refractivity contribution in [3.8, 4) is 11.5 Å². The number of nitrogens with zero attached hydrogens (tertiary/aromatic N) is 2. The van der Waals surface area contributed by atoms with Gasteiger partial charge in [-0.05, 0) is 25.1 Å². The molecule has 0 unspecified atom stereocenters. The third kappa shape index (κ3) is 2.85. The first-order valence-electron chi connectivity index (χ1n) is 5.53. The van der Waals surface area contributed by atoms with E-state index in [-0.39, 0.29) is 0 Å². The van der Waals surface area contributed by atoms with Gasteiger partial charge in [0.05, 0.1) is 6.61 Å². The molecule has 1 aromatic heterocycles. The van der Waals surface area contributed by atoms with Crippen LogP contribution in [0.1, 0.15) is 12.8 Å². The van der Waals surface area contributed by atoms with Crippen LogP contribution in [0.15, 0.2) is 28.7 Å². The topological polar surface area (TPSA) is 77.2 Å². The molecule has 0 radical (unpaired) electrons. The highest BCUT2D eigenvalue weighted by atomic mass is 16.5. The van der Waals surface area contributed by atoms with Gasteiger partial charge in [-0.3, -0.25) is 5.32 Å². The van der Waals surface area contributed by atoms with Gasteiger partial charge in [0.1, 0.15) is 0 Å². The number of aromatic nitrogens is 2. The zero-order chi connectivity index (χ0) is 13.0. The van der Waals surface area contributed by atoms with E-state index >= 15 is 0 Å². The maximum atomic E-state index is 11.3. The molecule has 6 nitrogen and oxygen atoms in total. The Kier molecular flexibility index (Phi) is 3.57. The van der Waals surface area contributed by atoms with E-state index in [1.54, 1.807) is 32.0 Å². The van der Waals surface area contributed by atoms with E-state index in [4.69, 9.17) is 9.15 Å². The highest BCUT2D eigenvalue weighted by Crippen LogP contribution is 2.21. The van der Waals surface area contributed by atoms with Crippen molar-refractivity contribution in [1.29, 1.82) is 0 Å². The van der Waals surface area contributed by atoms with Crippen LogP contribution < -0.4 is 5.32 Å². The van der Waals surface area contributed by atoms with Crippen LogP contribution in [0.25, 0.3) is 11.5 Å². The number of hydrogen-bond donors (Lipinski definition) is 1. The number of ether oxygens (including phenoxy) is 1. The summed E-state index contributed by atoms with van der Waals surface area (Å²) in [5.41, 5.74) is 1.35. The number of amides is 1. The van der Waals surface area contributed by atoms with E-state index < -0.39 is 6.09 Å². The molecule has 0 aliphatic carbocycles. The van der Waals surface area contributed by atoms with Crippen molar-refractivity contribution in [1.82, 2.24) is 10.2 Å². The Balaban J connectivity index is 2.17. The third-order valence-electron chi connectivity index (χ3n) is 2.16. The first-order chi connectivity index (χ1) is 8.69. The van der Waals surface area contributed by atoms with Gasteiger partial charge in [0.15, 0.2) is 0 Å². The van der Waals surface area contributed by atoms with Gasteiger partial charge in [-0.15, -0.1) is 10.2 Å². The largest absolute Gasteiger partial charge is 0.450 e. The molecule has 94 valence electrons. The Morgan fingerprint density at radius 1 is 1.44 bits per heavy atom. The molecular weight excluding hydrogens is 234 g/mol. The standard InChI is InChI=1S/C12H13N3O3/c1-3-17-12(16)13-10-6-4-5-9(7-10)11-15-14-8(2)18-11/h4-7H,3H2,1-2H3,(H,13,16). The number of nitrogens with one attached hydrogen (secondary N) is 1. The summed E-state index contributed by atoms with van der Waals surface area (Å²) in [6.07, 6.45) is -0.489. The molecule has 1 heterocycles. The highest BCUT2D eigenvalue weighted by molar-refractivity contribution is 5.85. The molecule has 0 saturated heterocycles. The zero-order valence-corrected chi connectivity index (χ0v) is 10.1. The van der Waals surface area contributed by atoms with Crippen molar-refractivity contribution >= 4 is 11.8 Å². The summed E-state index contributed by atoms with van der Waals surface area (Å²) in [6, 6.07) is 7.10. The quantitative estimate of drug-likeness (QED) is 0.902. The molecule has 1 N–H and O–H groups in total. The van der Waals surface area contributed by atoms with Crippen molar-refractivity contribution in [2.75, 3.05) is 11.9 Å². The monoisotopic (exact) mass is 247 g/mol. The van der Waals surface area contributed by atoms with E-state index in [9.17, 15) is 4.79 Å². The molecule has 0 fully saturated rings. The zero-order valence-electron chi connectivity index (χ0n) is 10.1. The van der Waals surface area contributed by atoms with Gasteiger partial charge in [-0.1, -0.05) is 6.07 Å². The summed E-state index contributed by atoms with van der Waals surface area (Å²) in [6.45, 7) is 3.79. The van der Waals surface area contributed by atoms with Crippen molar-refractivity contribution in [2.24, 2.45) is 0 Å². The molecule has 1 amide bonds. The smallest absolute Gasteiger partial charge is 0.411 e. The van der Waals surface area contributed by atoms with Crippen LogP contribution in [0.5, 0.6) is 0 Å². The van der Waals surface area contributed by atoms with Gasteiger partial charge in [-0.25, -0.2) is 4.79 Å². The molecule has 1 aromatic carbocycles. The molecule has 18 heavy (non-hydrogen) atoms. The van der Waals surface area contributed by atoms with Gasteiger partial charge in [0.25, 0.3) is 0 Å². The van der Waals surface area contributed by atoms with E-state index in [1.165, 1.54) is 0 Å². The lowest BCUT2D eigenvalue weighted by atomic mass is 10.2. The summed E-state index contributed by atoms with van der Waals surface area (Å²) >= 11 is 0. The van der Waals surface area contributed by atoms with Gasteiger partial charge < -0.3 is 9.15 Å². The second-order valence-corrected chi connectivity index (χ2v) is 3.55. The number of benzene rings is 1. The number of aryl methyl sites for hydroxylation is 1. The lowest BCUT2D eigenvalue weighted by Crippen LogP contribution is -2.13. The summed E-state index contributed by atoms with van der Waals surface area (Å²) < 4.78 is 10.1. The van der Waals surface area contributed by atoms with Crippen LogP contribution >= 0.6 is 0 Å². The fourth-order valence-electron chi connectivity index (χ4n) is 1.43. The molecule has 2 rings (SSSR count). The average molecular weight is 247 g/mol. The fourth-order valence-corrected chi connectivity index (χ4v) is 1.43. The van der Waals surface area contributed by atoms with Gasteiger partial charge in [0, 0.05) is 18.2 Å². The molecule has 0 atom stereocenters. The maximum absolute atomic E-state index is 11.3. The van der Waals surface area contributed by atoms with Crippen LogP contribution in [-0.2, 0) is 4.74 Å². The predicted octanol–water partition coefficient (Wildman–Crippen LogP) is 2.61. The Bertz CT molecular complexity index is 551. The molecule has 6 heteroatoms. The summed E-state index contributed by atoms with van der Waals surface area (Å²) in [4.78, 5) is 11.3. The molecule has 0 saturated carbocycles. The Morgan fingerprint density at radius 2 is 2.28 bits per heavy atom. The van der Waals surface area contributed by atoms with Crippen molar-refractivity contribution in [3.05, 3.63) is 30.2 Å². The first kappa shape index (κ1) is 12.1. The number of carbonyl (C=O) groups excluding carboxylic acids is 1. The van der Waals surface area contributed by atoms with Gasteiger partial charge >= 0.3 is 6.09 Å². The third-order valence-corrected chi connectivity index (χ3v) is 2.16. The number of anilines is 1. The Labute approximate surface area is 104 Å². The summed E-state index contributed by atoms with van der Waals surface area (Å²) in [5.74, 6) is 0.911. The number of rotatable bonds is 3. The predicted molar refractivity (Wildman–Crippen MR) is 65.1 cm³/mol. The normalized spacial score (nSPS) is 10.1. The van der Waals surface area contributed by atoms with E-state index in [0.717, 1.165) is 5.56 Å². The second kappa shape index (κ2) is 5.31.